The molecule has 1 heterocycles. The summed E-state index contributed by atoms with van der Waals surface area (Å²) < 4.78 is 9.64. The predicted molar refractivity (Wildman–Crippen MR) is 70.5 cm³/mol. The summed E-state index contributed by atoms with van der Waals surface area (Å²) in [5, 5.41) is 0.706. The Kier molecular flexibility index (Phi) is 4.35. The van der Waals surface area contributed by atoms with E-state index in [9.17, 15) is 4.79 Å². The molecular formula is C13H12N2O3S. The molecule has 0 N–H and O–H groups in total. The largest absolute Gasteiger partial charge is 0.497 e. The number of carbonyl (C=O) groups is 1. The first-order valence-electron chi connectivity index (χ1n) is 5.45. The Morgan fingerprint density at radius 3 is 2.37 bits per heavy atom. The van der Waals surface area contributed by atoms with Gasteiger partial charge in [0.25, 0.3) is 0 Å². The number of hydrogen-bond donors (Lipinski definition) is 0. The second-order valence-corrected chi connectivity index (χ2v) is 4.60. The van der Waals surface area contributed by atoms with Crippen molar-refractivity contribution >= 4 is 17.7 Å². The molecule has 0 amide bonds. The number of benzene rings is 1. The van der Waals surface area contributed by atoms with Gasteiger partial charge in [0.05, 0.1) is 26.6 Å². The van der Waals surface area contributed by atoms with Crippen molar-refractivity contribution in [3.8, 4) is 5.75 Å². The highest BCUT2D eigenvalue weighted by Crippen LogP contribution is 2.26. The molecule has 0 unspecified atom stereocenters. The Labute approximate surface area is 115 Å². The molecule has 19 heavy (non-hydrogen) atoms. The molecule has 98 valence electrons. The van der Waals surface area contributed by atoms with Crippen molar-refractivity contribution in [3.05, 3.63) is 42.4 Å². The number of nitrogens with zero attached hydrogens (tertiary/aromatic N) is 2. The van der Waals surface area contributed by atoms with Crippen molar-refractivity contribution in [1.29, 1.82) is 0 Å². The van der Waals surface area contributed by atoms with Gasteiger partial charge in [-0.05, 0) is 24.3 Å². The number of ether oxygens (including phenoxy) is 2. The highest BCUT2D eigenvalue weighted by molar-refractivity contribution is 7.99. The first-order valence-corrected chi connectivity index (χ1v) is 6.27. The Morgan fingerprint density at radius 1 is 1.11 bits per heavy atom. The lowest BCUT2D eigenvalue weighted by atomic mass is 10.3. The van der Waals surface area contributed by atoms with Gasteiger partial charge in [0.2, 0.25) is 0 Å². The molecule has 0 fully saturated rings. The third kappa shape index (κ3) is 3.45. The number of rotatable bonds is 4. The molecule has 0 radical (unpaired) electrons. The highest BCUT2D eigenvalue weighted by atomic mass is 32.2. The van der Waals surface area contributed by atoms with Gasteiger partial charge >= 0.3 is 5.97 Å². The third-order valence-electron chi connectivity index (χ3n) is 2.30. The van der Waals surface area contributed by atoms with Gasteiger partial charge in [-0.2, -0.15) is 0 Å². The SMILES string of the molecule is COC(=O)c1cnc(Sc2ccc(OC)cc2)cn1. The number of methoxy groups -OCH3 is 2. The minimum Gasteiger partial charge on any atom is -0.497 e. The molecule has 2 aromatic rings. The van der Waals surface area contributed by atoms with Gasteiger partial charge < -0.3 is 9.47 Å². The summed E-state index contributed by atoms with van der Waals surface area (Å²) in [6.07, 6.45) is 2.94. The van der Waals surface area contributed by atoms with Crippen LogP contribution in [0.5, 0.6) is 5.75 Å². The molecule has 0 bridgehead atoms. The van der Waals surface area contributed by atoms with Crippen LogP contribution >= 0.6 is 11.8 Å². The third-order valence-corrected chi connectivity index (χ3v) is 3.23. The quantitative estimate of drug-likeness (QED) is 0.799. The van der Waals surface area contributed by atoms with Crippen LogP contribution in [0.1, 0.15) is 10.5 Å². The van der Waals surface area contributed by atoms with E-state index in [2.05, 4.69) is 14.7 Å². The predicted octanol–water partition coefficient (Wildman–Crippen LogP) is 2.42. The van der Waals surface area contributed by atoms with Crippen LogP contribution in [0.4, 0.5) is 0 Å². The highest BCUT2D eigenvalue weighted by Gasteiger charge is 2.08. The van der Waals surface area contributed by atoms with Crippen molar-refractivity contribution in [1.82, 2.24) is 9.97 Å². The summed E-state index contributed by atoms with van der Waals surface area (Å²) in [5.41, 5.74) is 0.196. The Hall–Kier alpha value is -2.08. The molecule has 1 aromatic carbocycles. The Bertz CT molecular complexity index is 555. The van der Waals surface area contributed by atoms with Crippen molar-refractivity contribution in [2.75, 3.05) is 14.2 Å². The van der Waals surface area contributed by atoms with Crippen LogP contribution in [0.3, 0.4) is 0 Å². The number of esters is 1. The first kappa shape index (κ1) is 13.4. The smallest absolute Gasteiger partial charge is 0.358 e. The molecule has 0 saturated carbocycles. The lowest BCUT2D eigenvalue weighted by Crippen LogP contribution is -2.04. The molecule has 2 rings (SSSR count). The number of carbonyl (C=O) groups excluding carboxylic acids is 1. The van der Waals surface area contributed by atoms with E-state index in [0.29, 0.717) is 5.03 Å². The zero-order valence-electron chi connectivity index (χ0n) is 10.5. The maximum Gasteiger partial charge on any atom is 0.358 e. The lowest BCUT2D eigenvalue weighted by molar-refractivity contribution is 0.0593. The fourth-order valence-corrected chi connectivity index (χ4v) is 2.07. The van der Waals surface area contributed by atoms with Crippen molar-refractivity contribution in [3.63, 3.8) is 0 Å². The standard InChI is InChI=1S/C13H12N2O3S/c1-17-9-3-5-10(6-4-9)19-12-8-14-11(7-15-12)13(16)18-2/h3-8H,1-2H3. The second-order valence-electron chi connectivity index (χ2n) is 3.51. The van der Waals surface area contributed by atoms with Crippen molar-refractivity contribution < 1.29 is 14.3 Å². The van der Waals surface area contributed by atoms with E-state index < -0.39 is 5.97 Å². The molecule has 0 aliphatic rings. The Balaban J connectivity index is 2.08. The van der Waals surface area contributed by atoms with Gasteiger partial charge in [-0.1, -0.05) is 11.8 Å². The number of hydrogen-bond acceptors (Lipinski definition) is 6. The molecule has 0 aliphatic heterocycles. The van der Waals surface area contributed by atoms with Gasteiger partial charge in [-0.25, -0.2) is 14.8 Å². The van der Waals surface area contributed by atoms with E-state index in [4.69, 9.17) is 4.74 Å². The average molecular weight is 276 g/mol. The van der Waals surface area contributed by atoms with E-state index in [1.165, 1.54) is 25.1 Å². The summed E-state index contributed by atoms with van der Waals surface area (Å²) >= 11 is 1.45. The molecule has 0 spiro atoms. The van der Waals surface area contributed by atoms with E-state index in [1.807, 2.05) is 24.3 Å². The van der Waals surface area contributed by atoms with Crippen LogP contribution < -0.4 is 4.74 Å². The fraction of sp³-hybridized carbons (Fsp3) is 0.154. The second kappa shape index (κ2) is 6.19. The van der Waals surface area contributed by atoms with Crippen molar-refractivity contribution in [2.24, 2.45) is 0 Å². The summed E-state index contributed by atoms with van der Waals surface area (Å²) in [6, 6.07) is 7.61. The molecule has 5 nitrogen and oxygen atoms in total. The minimum absolute atomic E-state index is 0.196. The first-order chi connectivity index (χ1) is 9.22. The van der Waals surface area contributed by atoms with E-state index >= 15 is 0 Å². The van der Waals surface area contributed by atoms with Gasteiger partial charge in [0.1, 0.15) is 10.8 Å². The molecule has 0 aliphatic carbocycles. The topological polar surface area (TPSA) is 61.3 Å². The zero-order valence-corrected chi connectivity index (χ0v) is 11.3. The van der Waals surface area contributed by atoms with Gasteiger partial charge in [-0.3, -0.25) is 0 Å². The molecule has 1 aromatic heterocycles. The van der Waals surface area contributed by atoms with E-state index in [0.717, 1.165) is 10.6 Å². The molecule has 6 heteroatoms. The van der Waals surface area contributed by atoms with E-state index in [-0.39, 0.29) is 5.69 Å². The normalized spacial score (nSPS) is 10.0. The summed E-state index contributed by atoms with van der Waals surface area (Å²) in [5.74, 6) is 0.310. The van der Waals surface area contributed by atoms with Crippen LogP contribution in [0.15, 0.2) is 46.6 Å². The van der Waals surface area contributed by atoms with Gasteiger partial charge in [-0.15, -0.1) is 0 Å². The van der Waals surface area contributed by atoms with Crippen LogP contribution in [-0.4, -0.2) is 30.2 Å². The van der Waals surface area contributed by atoms with Crippen LogP contribution in [-0.2, 0) is 4.74 Å². The molecule has 0 saturated heterocycles. The monoisotopic (exact) mass is 276 g/mol. The number of aromatic nitrogens is 2. The van der Waals surface area contributed by atoms with Crippen LogP contribution in [0.2, 0.25) is 0 Å². The maximum absolute atomic E-state index is 11.2. The van der Waals surface area contributed by atoms with Crippen LogP contribution in [0, 0.1) is 0 Å². The molecular weight excluding hydrogens is 264 g/mol. The van der Waals surface area contributed by atoms with Crippen LogP contribution in [0.25, 0.3) is 0 Å². The fourth-order valence-electron chi connectivity index (χ4n) is 1.34. The van der Waals surface area contributed by atoms with Crippen molar-refractivity contribution in [2.45, 2.75) is 9.92 Å². The van der Waals surface area contributed by atoms with E-state index in [1.54, 1.807) is 13.3 Å². The summed E-state index contributed by atoms with van der Waals surface area (Å²) in [6.45, 7) is 0. The van der Waals surface area contributed by atoms with Gasteiger partial charge in [0, 0.05) is 4.90 Å². The van der Waals surface area contributed by atoms with Gasteiger partial charge in [0.15, 0.2) is 5.69 Å². The Morgan fingerprint density at radius 2 is 1.84 bits per heavy atom. The molecule has 0 atom stereocenters. The summed E-state index contributed by atoms with van der Waals surface area (Å²) in [4.78, 5) is 20.4. The maximum atomic E-state index is 11.2. The lowest BCUT2D eigenvalue weighted by Gasteiger charge is -2.03. The zero-order chi connectivity index (χ0) is 13.7. The minimum atomic E-state index is -0.492. The summed E-state index contributed by atoms with van der Waals surface area (Å²) in [7, 11) is 2.93. The average Bonchev–Trinajstić information content (AvgIpc) is 2.48.